The molecule has 0 bridgehead atoms. The van der Waals surface area contributed by atoms with Gasteiger partial charge in [0, 0.05) is 0 Å². The average Bonchev–Trinajstić information content (AvgIpc) is 2.50. The summed E-state index contributed by atoms with van der Waals surface area (Å²) in [4.78, 5) is 12.2. The molecule has 1 aromatic rings. The number of aliphatic hydroxyl groups is 1. The summed E-state index contributed by atoms with van der Waals surface area (Å²) in [5.74, 6) is 0.557. The summed E-state index contributed by atoms with van der Waals surface area (Å²) in [6.07, 6.45) is 0.945. The molecule has 8 heteroatoms. The second-order valence-electron chi connectivity index (χ2n) is 4.94. The van der Waals surface area contributed by atoms with Gasteiger partial charge < -0.3 is 15.3 Å². The zero-order chi connectivity index (χ0) is 14.4. The number of halogens is 2. The summed E-state index contributed by atoms with van der Waals surface area (Å²) in [6, 6.07) is 0. The van der Waals surface area contributed by atoms with Crippen LogP contribution < -0.4 is 10.9 Å². The van der Waals surface area contributed by atoms with Gasteiger partial charge in [-0.2, -0.15) is 0 Å². The number of aromatic nitrogens is 1. The molecule has 0 spiro atoms. The van der Waals surface area contributed by atoms with Crippen LogP contribution in [0.25, 0.3) is 5.76 Å². The molecule has 2 rings (SSSR count). The Hall–Kier alpha value is -0.650. The van der Waals surface area contributed by atoms with Crippen molar-refractivity contribution in [2.45, 2.75) is 26.4 Å². The number of fused-ring (bicyclic) bond motifs is 1. The number of aliphatic hydroxyl groups excluding tert-OH is 1. The highest BCUT2D eigenvalue weighted by molar-refractivity contribution is 14.1. The quantitative estimate of drug-likeness (QED) is 0.489. The first kappa shape index (κ1) is 14.8. The summed E-state index contributed by atoms with van der Waals surface area (Å²) in [7, 11) is 0. The first-order valence-corrected chi connectivity index (χ1v) is 7.62. The molecular weight excluding hydrogens is 476 g/mol. The van der Waals surface area contributed by atoms with Crippen molar-refractivity contribution in [3.05, 3.63) is 19.0 Å². The van der Waals surface area contributed by atoms with Crippen LogP contribution in [0.5, 0.6) is 0 Å². The molecule has 0 amide bonds. The summed E-state index contributed by atoms with van der Waals surface area (Å²) < 4.78 is 8.25. The number of carbonyl (C=O) groups excluding carboxylic acids is 1. The van der Waals surface area contributed by atoms with Crippen LogP contribution in [0.4, 0.5) is 10.6 Å². The monoisotopic (exact) mass is 489 g/mol. The lowest BCUT2D eigenvalue weighted by molar-refractivity contribution is 0.0536. The molecule has 19 heavy (non-hydrogen) atoms. The standard InChI is InChI=1S/C11H13I2N3O3/c1-11(2,3)19-10(18)16-8(13)7(12)6-5(17)4-14-15-9(6)16/h4,14-15,17H,1-3H3. The van der Waals surface area contributed by atoms with E-state index in [2.05, 4.69) is 56.0 Å². The van der Waals surface area contributed by atoms with E-state index < -0.39 is 11.7 Å². The number of nitrogens with zero attached hydrogens (tertiary/aromatic N) is 1. The summed E-state index contributed by atoms with van der Waals surface area (Å²) in [6.45, 7) is 5.42. The largest absolute Gasteiger partial charge is 0.506 e. The van der Waals surface area contributed by atoms with E-state index in [0.29, 0.717) is 15.1 Å². The molecule has 6 nitrogen and oxygen atoms in total. The van der Waals surface area contributed by atoms with E-state index in [1.165, 1.54) is 10.8 Å². The maximum atomic E-state index is 12.2. The van der Waals surface area contributed by atoms with Crippen molar-refractivity contribution in [1.82, 2.24) is 9.99 Å². The first-order valence-electron chi connectivity index (χ1n) is 5.46. The number of carbonyl (C=O) groups is 1. The van der Waals surface area contributed by atoms with Crippen molar-refractivity contribution < 1.29 is 14.6 Å². The molecule has 0 saturated carbocycles. The molecular formula is C11H13I2N3O3. The summed E-state index contributed by atoms with van der Waals surface area (Å²) in [5, 5.41) is 9.88. The normalized spacial score (nSPS) is 14.1. The lowest BCUT2D eigenvalue weighted by Crippen LogP contribution is -2.30. The van der Waals surface area contributed by atoms with Gasteiger partial charge in [-0.3, -0.25) is 5.43 Å². The molecule has 0 aliphatic carbocycles. The second kappa shape index (κ2) is 5.04. The predicted molar refractivity (Wildman–Crippen MR) is 88.9 cm³/mol. The van der Waals surface area contributed by atoms with Gasteiger partial charge in [0.2, 0.25) is 0 Å². The molecule has 1 aliphatic heterocycles. The minimum absolute atomic E-state index is 0.0818. The molecule has 1 aliphatic rings. The van der Waals surface area contributed by atoms with E-state index in [-0.39, 0.29) is 5.76 Å². The van der Waals surface area contributed by atoms with Crippen molar-refractivity contribution in [2.75, 3.05) is 5.43 Å². The molecule has 104 valence electrons. The molecule has 0 fully saturated rings. The highest BCUT2D eigenvalue weighted by Gasteiger charge is 2.30. The van der Waals surface area contributed by atoms with E-state index in [9.17, 15) is 9.90 Å². The molecule has 0 saturated heterocycles. The van der Waals surface area contributed by atoms with Crippen LogP contribution in [0, 0.1) is 7.27 Å². The Balaban J connectivity index is 2.51. The lowest BCUT2D eigenvalue weighted by atomic mass is 10.2. The fourth-order valence-corrected chi connectivity index (χ4v) is 3.07. The predicted octanol–water partition coefficient (Wildman–Crippen LogP) is 3.27. The molecule has 1 aromatic heterocycles. The maximum absolute atomic E-state index is 12.2. The number of hydrogen-bond donors (Lipinski definition) is 3. The molecule has 0 aromatic carbocycles. The molecule has 0 unspecified atom stereocenters. The third-order valence-electron chi connectivity index (χ3n) is 2.29. The third kappa shape index (κ3) is 2.78. The molecule has 2 heterocycles. The summed E-state index contributed by atoms with van der Waals surface area (Å²) >= 11 is 4.14. The first-order chi connectivity index (χ1) is 8.72. The van der Waals surface area contributed by atoms with Gasteiger partial charge in [-0.25, -0.2) is 9.36 Å². The average molecular weight is 489 g/mol. The van der Waals surface area contributed by atoms with E-state index in [0.717, 1.165) is 3.57 Å². The van der Waals surface area contributed by atoms with Crippen molar-refractivity contribution >= 4 is 62.9 Å². The SMILES string of the molecule is CC(C)(C)OC(=O)n1c(I)c(I)c2c1NNC=C2O. The van der Waals surface area contributed by atoms with Gasteiger partial charge in [-0.1, -0.05) is 0 Å². The van der Waals surface area contributed by atoms with Crippen LogP contribution in [0.3, 0.4) is 0 Å². The fourth-order valence-electron chi connectivity index (χ4n) is 1.59. The number of rotatable bonds is 0. The Labute approximate surface area is 137 Å². The number of nitrogens with one attached hydrogen (secondary N) is 2. The van der Waals surface area contributed by atoms with Gasteiger partial charge in [0.05, 0.1) is 15.3 Å². The lowest BCUT2D eigenvalue weighted by Gasteiger charge is -2.22. The van der Waals surface area contributed by atoms with Crippen molar-refractivity contribution in [3.63, 3.8) is 0 Å². The second-order valence-corrected chi connectivity index (χ2v) is 7.04. The Morgan fingerprint density at radius 3 is 2.63 bits per heavy atom. The van der Waals surface area contributed by atoms with Crippen LogP contribution in [-0.4, -0.2) is 21.4 Å². The minimum atomic E-state index is -0.581. The van der Waals surface area contributed by atoms with E-state index in [4.69, 9.17) is 4.74 Å². The van der Waals surface area contributed by atoms with Gasteiger partial charge in [-0.05, 0) is 66.0 Å². The number of hydrazine groups is 1. The maximum Gasteiger partial charge on any atom is 0.421 e. The van der Waals surface area contributed by atoms with Crippen molar-refractivity contribution in [3.8, 4) is 0 Å². The third-order valence-corrected chi connectivity index (χ3v) is 5.39. The highest BCUT2D eigenvalue weighted by Crippen LogP contribution is 2.35. The molecule has 3 N–H and O–H groups in total. The topological polar surface area (TPSA) is 75.5 Å². The Kier molecular flexibility index (Phi) is 3.91. The van der Waals surface area contributed by atoms with Crippen molar-refractivity contribution in [1.29, 1.82) is 0 Å². The van der Waals surface area contributed by atoms with Gasteiger partial charge >= 0.3 is 6.09 Å². The highest BCUT2D eigenvalue weighted by atomic mass is 127. The van der Waals surface area contributed by atoms with Gasteiger partial charge in [0.25, 0.3) is 0 Å². The zero-order valence-electron chi connectivity index (χ0n) is 10.5. The Morgan fingerprint density at radius 1 is 1.42 bits per heavy atom. The van der Waals surface area contributed by atoms with Gasteiger partial charge in [-0.15, -0.1) is 0 Å². The van der Waals surface area contributed by atoms with E-state index in [1.54, 1.807) is 0 Å². The van der Waals surface area contributed by atoms with E-state index in [1.807, 2.05) is 20.8 Å². The van der Waals surface area contributed by atoms with Crippen LogP contribution in [-0.2, 0) is 4.74 Å². The van der Waals surface area contributed by atoms with Gasteiger partial charge in [0.15, 0.2) is 0 Å². The van der Waals surface area contributed by atoms with Crippen LogP contribution in [0.15, 0.2) is 6.20 Å². The van der Waals surface area contributed by atoms with E-state index >= 15 is 0 Å². The number of ether oxygens (including phenoxy) is 1. The Morgan fingerprint density at radius 2 is 2.05 bits per heavy atom. The minimum Gasteiger partial charge on any atom is -0.506 e. The van der Waals surface area contributed by atoms with Crippen molar-refractivity contribution in [2.24, 2.45) is 0 Å². The smallest absolute Gasteiger partial charge is 0.421 e. The van der Waals surface area contributed by atoms with Gasteiger partial charge in [0.1, 0.15) is 20.9 Å². The van der Waals surface area contributed by atoms with Crippen LogP contribution >= 0.6 is 45.2 Å². The Bertz CT molecular complexity index is 573. The number of anilines is 1. The summed E-state index contributed by atoms with van der Waals surface area (Å²) in [5.41, 5.74) is 5.56. The van der Waals surface area contributed by atoms with Crippen LogP contribution in [0.2, 0.25) is 0 Å². The van der Waals surface area contributed by atoms with Crippen LogP contribution in [0.1, 0.15) is 26.3 Å². The fraction of sp³-hybridized carbons (Fsp3) is 0.364. The molecule has 0 atom stereocenters. The zero-order valence-corrected chi connectivity index (χ0v) is 14.9. The molecule has 0 radical (unpaired) electrons. The number of hydrogen-bond acceptors (Lipinski definition) is 5.